The normalized spacial score (nSPS) is 16.1. The minimum Gasteiger partial charge on any atom is -0.497 e. The van der Waals surface area contributed by atoms with Crippen molar-refractivity contribution in [1.29, 1.82) is 0 Å². The molecule has 0 unspecified atom stereocenters. The van der Waals surface area contributed by atoms with Crippen LogP contribution in [-0.2, 0) is 16.0 Å². The van der Waals surface area contributed by atoms with E-state index in [-0.39, 0.29) is 25.0 Å². The van der Waals surface area contributed by atoms with Crippen LogP contribution in [-0.4, -0.2) is 52.4 Å². The highest BCUT2D eigenvalue weighted by molar-refractivity contribution is 8.26. The van der Waals surface area contributed by atoms with Crippen LogP contribution in [0.4, 0.5) is 0 Å². The number of carbonyl (C=O) groups is 2. The number of aliphatic hydroxyl groups excluding tert-OH is 1. The number of aliphatic hydroxyl groups is 1. The van der Waals surface area contributed by atoms with Crippen LogP contribution in [0, 0.1) is 0 Å². The molecule has 1 aliphatic rings. The number of benzene rings is 2. The van der Waals surface area contributed by atoms with E-state index >= 15 is 0 Å². The van der Waals surface area contributed by atoms with E-state index in [9.17, 15) is 14.7 Å². The lowest BCUT2D eigenvalue weighted by Gasteiger charge is -2.19. The molecule has 0 radical (unpaired) electrons. The summed E-state index contributed by atoms with van der Waals surface area (Å²) in [7, 11) is 1.58. The Labute approximate surface area is 184 Å². The van der Waals surface area contributed by atoms with E-state index in [0.29, 0.717) is 21.4 Å². The second kappa shape index (κ2) is 10.4. The van der Waals surface area contributed by atoms with Crippen LogP contribution in [0.5, 0.6) is 5.75 Å². The molecule has 0 bridgehead atoms. The molecule has 8 heteroatoms. The van der Waals surface area contributed by atoms with Gasteiger partial charge in [0.15, 0.2) is 0 Å². The highest BCUT2D eigenvalue weighted by atomic mass is 32.2. The highest BCUT2D eigenvalue weighted by Gasteiger charge is 2.33. The summed E-state index contributed by atoms with van der Waals surface area (Å²) in [5, 5.41) is 12.4. The molecule has 0 spiro atoms. The van der Waals surface area contributed by atoms with Gasteiger partial charge >= 0.3 is 0 Å². The van der Waals surface area contributed by atoms with E-state index in [1.54, 1.807) is 13.2 Å². The van der Waals surface area contributed by atoms with Crippen molar-refractivity contribution in [2.24, 2.45) is 0 Å². The van der Waals surface area contributed by atoms with Gasteiger partial charge in [-0.2, -0.15) is 0 Å². The quantitative estimate of drug-likeness (QED) is 0.483. The molecule has 30 heavy (non-hydrogen) atoms. The summed E-state index contributed by atoms with van der Waals surface area (Å²) >= 11 is 6.46. The second-order valence-electron chi connectivity index (χ2n) is 6.68. The molecular weight excluding hydrogens is 420 g/mol. The molecule has 1 heterocycles. The average Bonchev–Trinajstić information content (AvgIpc) is 3.01. The Hall–Kier alpha value is -2.68. The van der Waals surface area contributed by atoms with Gasteiger partial charge in [0.05, 0.1) is 24.7 Å². The van der Waals surface area contributed by atoms with Crippen molar-refractivity contribution in [2.75, 3.05) is 20.3 Å². The minimum atomic E-state index is -0.439. The fraction of sp³-hybridized carbons (Fsp3) is 0.227. The van der Waals surface area contributed by atoms with Crippen LogP contribution in [0.25, 0.3) is 6.08 Å². The summed E-state index contributed by atoms with van der Waals surface area (Å²) in [6.45, 7) is -0.389. The molecule has 2 aromatic carbocycles. The highest BCUT2D eigenvalue weighted by Crippen LogP contribution is 2.32. The molecule has 0 saturated carbocycles. The van der Waals surface area contributed by atoms with Gasteiger partial charge in [-0.15, -0.1) is 0 Å². The first-order chi connectivity index (χ1) is 14.5. The number of hydrogen-bond donors (Lipinski definition) is 2. The Morgan fingerprint density at radius 3 is 2.73 bits per heavy atom. The van der Waals surface area contributed by atoms with E-state index in [2.05, 4.69) is 5.32 Å². The zero-order valence-electron chi connectivity index (χ0n) is 16.4. The molecule has 156 valence electrons. The van der Waals surface area contributed by atoms with Crippen molar-refractivity contribution in [2.45, 2.75) is 12.5 Å². The molecule has 1 saturated heterocycles. The van der Waals surface area contributed by atoms with Crippen LogP contribution in [0.1, 0.15) is 11.1 Å². The molecular formula is C22H22N2O4S2. The van der Waals surface area contributed by atoms with Crippen molar-refractivity contribution in [3.8, 4) is 5.75 Å². The number of thiocarbonyl (C=S) groups is 1. The first-order valence-electron chi connectivity index (χ1n) is 9.33. The third kappa shape index (κ3) is 5.69. The molecule has 1 fully saturated rings. The Bertz CT molecular complexity index is 963. The predicted octanol–water partition coefficient (Wildman–Crippen LogP) is 2.62. The van der Waals surface area contributed by atoms with Crippen molar-refractivity contribution >= 4 is 46.2 Å². The maximum absolute atomic E-state index is 12.7. The number of nitrogens with one attached hydrogen (secondary N) is 1. The first-order valence-corrected chi connectivity index (χ1v) is 10.6. The third-order valence-corrected chi connectivity index (χ3v) is 5.86. The van der Waals surface area contributed by atoms with Crippen LogP contribution in [0.3, 0.4) is 0 Å². The zero-order valence-corrected chi connectivity index (χ0v) is 18.0. The van der Waals surface area contributed by atoms with Crippen molar-refractivity contribution in [1.82, 2.24) is 10.2 Å². The number of thioether (sulfide) groups is 1. The molecule has 2 amide bonds. The molecule has 1 atom stereocenters. The summed E-state index contributed by atoms with van der Waals surface area (Å²) in [5.74, 6) is 0.00237. The lowest BCUT2D eigenvalue weighted by Crippen LogP contribution is -2.45. The van der Waals surface area contributed by atoms with Crippen LogP contribution >= 0.6 is 24.0 Å². The lowest BCUT2D eigenvalue weighted by molar-refractivity contribution is -0.129. The van der Waals surface area contributed by atoms with Crippen molar-refractivity contribution in [3.05, 3.63) is 70.6 Å². The Kier molecular flexibility index (Phi) is 7.62. The van der Waals surface area contributed by atoms with Gasteiger partial charge < -0.3 is 15.2 Å². The Morgan fingerprint density at radius 2 is 2.03 bits per heavy atom. The smallest absolute Gasteiger partial charge is 0.266 e. The molecule has 2 aromatic rings. The number of methoxy groups -OCH3 is 1. The number of carbonyl (C=O) groups excluding carboxylic acids is 2. The number of amides is 2. The van der Waals surface area contributed by atoms with Gasteiger partial charge in [-0.25, -0.2) is 0 Å². The van der Waals surface area contributed by atoms with Gasteiger partial charge in [0, 0.05) is 0 Å². The van der Waals surface area contributed by atoms with E-state index in [1.165, 1.54) is 4.90 Å². The first kappa shape index (κ1) is 22.0. The third-order valence-electron chi connectivity index (χ3n) is 4.48. The summed E-state index contributed by atoms with van der Waals surface area (Å²) in [6.07, 6.45) is 2.23. The lowest BCUT2D eigenvalue weighted by atomic mass is 10.1. The molecule has 0 aliphatic carbocycles. The zero-order chi connectivity index (χ0) is 21.5. The monoisotopic (exact) mass is 442 g/mol. The molecule has 2 N–H and O–H groups in total. The van der Waals surface area contributed by atoms with Crippen molar-refractivity contribution < 1.29 is 19.4 Å². The molecule has 3 rings (SSSR count). The van der Waals surface area contributed by atoms with E-state index < -0.39 is 6.04 Å². The summed E-state index contributed by atoms with van der Waals surface area (Å²) in [4.78, 5) is 26.9. The standard InChI is InChI=1S/C22H22N2O4S2/c1-28-18-9-5-8-16(11-18)12-19-21(27)24(22(29)30-19)13-20(26)23-17(14-25)10-15-6-3-2-4-7-15/h2-9,11-12,17,25H,10,13-14H2,1H3,(H,23,26)/t17-/m1/s1. The Morgan fingerprint density at radius 1 is 1.27 bits per heavy atom. The minimum absolute atomic E-state index is 0.189. The summed E-state index contributed by atoms with van der Waals surface area (Å²) in [5.41, 5.74) is 1.81. The Balaban J connectivity index is 1.63. The molecule has 1 aliphatic heterocycles. The van der Waals surface area contributed by atoms with E-state index in [0.717, 1.165) is 22.9 Å². The van der Waals surface area contributed by atoms with Crippen molar-refractivity contribution in [3.63, 3.8) is 0 Å². The van der Waals surface area contributed by atoms with E-state index in [4.69, 9.17) is 17.0 Å². The number of ether oxygens (including phenoxy) is 1. The summed E-state index contributed by atoms with van der Waals surface area (Å²) in [6, 6.07) is 16.5. The maximum atomic E-state index is 12.7. The average molecular weight is 443 g/mol. The predicted molar refractivity (Wildman–Crippen MR) is 122 cm³/mol. The summed E-state index contributed by atoms with van der Waals surface area (Å²) < 4.78 is 5.53. The number of nitrogens with zero attached hydrogens (tertiary/aromatic N) is 1. The maximum Gasteiger partial charge on any atom is 0.266 e. The van der Waals surface area contributed by atoms with Crippen LogP contribution in [0.15, 0.2) is 59.5 Å². The van der Waals surface area contributed by atoms with Crippen LogP contribution < -0.4 is 10.1 Å². The largest absolute Gasteiger partial charge is 0.497 e. The van der Waals surface area contributed by atoms with Gasteiger partial charge in [-0.3, -0.25) is 14.5 Å². The van der Waals surface area contributed by atoms with Crippen LogP contribution in [0.2, 0.25) is 0 Å². The second-order valence-corrected chi connectivity index (χ2v) is 8.36. The van der Waals surface area contributed by atoms with Gasteiger partial charge in [-0.1, -0.05) is 66.4 Å². The fourth-order valence-electron chi connectivity index (χ4n) is 3.00. The van der Waals surface area contributed by atoms with Gasteiger partial charge in [0.25, 0.3) is 5.91 Å². The number of hydrogen-bond acceptors (Lipinski definition) is 6. The van der Waals surface area contributed by atoms with Gasteiger partial charge in [-0.05, 0) is 35.8 Å². The molecule has 0 aromatic heterocycles. The van der Waals surface area contributed by atoms with Gasteiger partial charge in [0.1, 0.15) is 16.6 Å². The SMILES string of the molecule is COc1cccc(C=C2SC(=S)N(CC(=O)N[C@@H](CO)Cc3ccccc3)C2=O)c1. The number of rotatable bonds is 8. The molecule has 6 nitrogen and oxygen atoms in total. The van der Waals surface area contributed by atoms with Gasteiger partial charge in [0.2, 0.25) is 5.91 Å². The fourth-order valence-corrected chi connectivity index (χ4v) is 4.25. The van der Waals surface area contributed by atoms with E-state index in [1.807, 2.05) is 54.6 Å². The topological polar surface area (TPSA) is 78.9 Å².